The third-order valence-electron chi connectivity index (χ3n) is 2.19. The zero-order chi connectivity index (χ0) is 14.2. The second kappa shape index (κ2) is 6.92. The molecule has 0 N–H and O–H groups in total. The summed E-state index contributed by atoms with van der Waals surface area (Å²) in [6.07, 6.45) is 0. The van der Waals surface area contributed by atoms with E-state index in [1.54, 1.807) is 0 Å². The molecular weight excluding hydrogens is 640 g/mol. The summed E-state index contributed by atoms with van der Waals surface area (Å²) in [5, 5.41) is 0. The van der Waals surface area contributed by atoms with E-state index in [9.17, 15) is 0 Å². The van der Waals surface area contributed by atoms with Crippen LogP contribution in [0.4, 0.5) is 0 Å². The lowest BCUT2D eigenvalue weighted by Crippen LogP contribution is -1.89. The Morgan fingerprint density at radius 1 is 0.632 bits per heavy atom. The van der Waals surface area contributed by atoms with Crippen molar-refractivity contribution in [3.05, 3.63) is 51.1 Å². The first-order valence-electron chi connectivity index (χ1n) is 4.86. The number of hydrogen-bond acceptors (Lipinski definition) is 1. The van der Waals surface area contributed by atoms with Crippen molar-refractivity contribution in [2.45, 2.75) is 0 Å². The minimum absolute atomic E-state index is 0.712. The van der Waals surface area contributed by atoms with E-state index in [0.29, 0.717) is 5.75 Å². The van der Waals surface area contributed by atoms with E-state index in [-0.39, 0.29) is 0 Å². The zero-order valence-electron chi connectivity index (χ0n) is 8.99. The molecule has 0 atom stereocenters. The number of hydrogen-bond donors (Lipinski definition) is 0. The van der Waals surface area contributed by atoms with Crippen LogP contribution in [-0.2, 0) is 0 Å². The molecule has 0 unspecified atom stereocenters. The highest BCUT2D eigenvalue weighted by atomic mass is 79.9. The van der Waals surface area contributed by atoms with Gasteiger partial charge in [-0.25, -0.2) is 0 Å². The average Bonchev–Trinajstić information content (AvgIpc) is 2.36. The van der Waals surface area contributed by atoms with Crippen LogP contribution in [0.5, 0.6) is 11.5 Å². The molecule has 2 rings (SSSR count). The first-order valence-corrected chi connectivity index (χ1v) is 9.62. The number of halogens is 6. The van der Waals surface area contributed by atoms with Crippen molar-refractivity contribution in [3.63, 3.8) is 0 Å². The molecule has 2 aromatic rings. The van der Waals surface area contributed by atoms with Gasteiger partial charge in [0.15, 0.2) is 5.75 Å². The summed E-state index contributed by atoms with van der Waals surface area (Å²) < 4.78 is 11.4. The van der Waals surface area contributed by atoms with Gasteiger partial charge in [0.25, 0.3) is 0 Å². The van der Waals surface area contributed by atoms with Gasteiger partial charge in [-0.15, -0.1) is 0 Å². The molecule has 0 aliphatic heterocycles. The van der Waals surface area contributed by atoms with Crippen molar-refractivity contribution in [1.82, 2.24) is 0 Å². The largest absolute Gasteiger partial charge is 0.454 e. The van der Waals surface area contributed by atoms with Gasteiger partial charge in [0.2, 0.25) is 0 Å². The molecule has 0 saturated carbocycles. The maximum absolute atomic E-state index is 5.97. The third kappa shape index (κ3) is 3.86. The molecule has 0 fully saturated rings. The smallest absolute Gasteiger partial charge is 0.156 e. The van der Waals surface area contributed by atoms with Crippen LogP contribution in [0, 0.1) is 0 Å². The highest BCUT2D eigenvalue weighted by Gasteiger charge is 2.14. The Bertz CT molecular complexity index is 641. The predicted octanol–water partition coefficient (Wildman–Crippen LogP) is 8.05. The van der Waals surface area contributed by atoms with Crippen LogP contribution in [0.25, 0.3) is 0 Å². The third-order valence-corrected chi connectivity index (χ3v) is 7.26. The monoisotopic (exact) mass is 638 g/mol. The lowest BCUT2D eigenvalue weighted by atomic mass is 10.3. The minimum Gasteiger partial charge on any atom is -0.454 e. The summed E-state index contributed by atoms with van der Waals surface area (Å²) in [7, 11) is 0. The second-order valence-electron chi connectivity index (χ2n) is 3.47. The van der Waals surface area contributed by atoms with Gasteiger partial charge < -0.3 is 4.74 Å². The lowest BCUT2D eigenvalue weighted by Gasteiger charge is -2.13. The van der Waals surface area contributed by atoms with Crippen molar-refractivity contribution >= 4 is 95.6 Å². The Balaban J connectivity index is 2.48. The molecule has 0 aliphatic carbocycles. The van der Waals surface area contributed by atoms with Gasteiger partial charge in [-0.2, -0.15) is 0 Å². The van der Waals surface area contributed by atoms with Crippen molar-refractivity contribution < 1.29 is 4.74 Å². The van der Waals surface area contributed by atoms with E-state index >= 15 is 0 Å². The second-order valence-corrected chi connectivity index (χ2v) is 8.54. The molecule has 0 aliphatic rings. The van der Waals surface area contributed by atoms with Crippen LogP contribution < -0.4 is 4.74 Å². The minimum atomic E-state index is 0.712. The summed E-state index contributed by atoms with van der Waals surface area (Å²) in [5.41, 5.74) is 0. The molecule has 0 radical (unpaired) electrons. The van der Waals surface area contributed by atoms with Gasteiger partial charge in [0, 0.05) is 13.4 Å². The van der Waals surface area contributed by atoms with Crippen LogP contribution in [0.15, 0.2) is 51.1 Å². The predicted molar refractivity (Wildman–Crippen MR) is 99.2 cm³/mol. The molecule has 19 heavy (non-hydrogen) atoms. The Kier molecular flexibility index (Phi) is 6.01. The van der Waals surface area contributed by atoms with Crippen molar-refractivity contribution in [2.75, 3.05) is 0 Å². The summed E-state index contributed by atoms with van der Waals surface area (Å²) in [6, 6.07) is 7.69. The molecule has 7 heteroatoms. The summed E-state index contributed by atoms with van der Waals surface area (Å²) in [4.78, 5) is 0. The fourth-order valence-electron chi connectivity index (χ4n) is 1.29. The quantitative estimate of drug-likeness (QED) is 0.301. The Labute approximate surface area is 161 Å². The van der Waals surface area contributed by atoms with Crippen LogP contribution in [-0.4, -0.2) is 0 Å². The van der Waals surface area contributed by atoms with Gasteiger partial charge >= 0.3 is 0 Å². The lowest BCUT2D eigenvalue weighted by molar-refractivity contribution is 0.472. The summed E-state index contributed by atoms with van der Waals surface area (Å²) in [5.74, 6) is 1.43. The fourth-order valence-corrected chi connectivity index (χ4v) is 4.11. The van der Waals surface area contributed by atoms with E-state index in [2.05, 4.69) is 95.6 Å². The molecule has 0 spiro atoms. The Morgan fingerprint density at radius 2 is 1.21 bits per heavy atom. The number of ether oxygens (including phenoxy) is 1. The summed E-state index contributed by atoms with van der Waals surface area (Å²) >= 11 is 20.9. The van der Waals surface area contributed by atoms with Gasteiger partial charge in [0.1, 0.15) is 5.75 Å². The van der Waals surface area contributed by atoms with Gasteiger partial charge in [-0.3, -0.25) is 0 Å². The van der Waals surface area contributed by atoms with Crippen LogP contribution >= 0.6 is 95.6 Å². The van der Waals surface area contributed by atoms with E-state index in [0.717, 1.165) is 32.6 Å². The molecule has 0 bridgehead atoms. The van der Waals surface area contributed by atoms with Gasteiger partial charge in [-0.05, 0) is 120 Å². The maximum Gasteiger partial charge on any atom is 0.156 e. The van der Waals surface area contributed by atoms with Crippen LogP contribution in [0.3, 0.4) is 0 Å². The van der Waals surface area contributed by atoms with Crippen molar-refractivity contribution in [1.29, 1.82) is 0 Å². The van der Waals surface area contributed by atoms with E-state index < -0.39 is 0 Å². The van der Waals surface area contributed by atoms with Crippen molar-refractivity contribution in [3.8, 4) is 11.5 Å². The van der Waals surface area contributed by atoms with Gasteiger partial charge in [-0.1, -0.05) is 0 Å². The fraction of sp³-hybridized carbons (Fsp3) is 0. The van der Waals surface area contributed by atoms with E-state index in [1.807, 2.05) is 24.3 Å². The Morgan fingerprint density at radius 3 is 1.89 bits per heavy atom. The van der Waals surface area contributed by atoms with Crippen LogP contribution in [0.2, 0.25) is 0 Å². The normalized spacial score (nSPS) is 10.6. The molecule has 2 aromatic carbocycles. The standard InChI is InChI=1S/C12H4Br6O/c13-5-1-2-6(14)12(11(5)18)19-10-4-8(16)7(15)3-9(10)17/h1-4H. The summed E-state index contributed by atoms with van der Waals surface area (Å²) in [6.45, 7) is 0. The van der Waals surface area contributed by atoms with Gasteiger partial charge in [0.05, 0.1) is 13.4 Å². The SMILES string of the molecule is Brc1cc(Br)c(Oc2c(Br)ccc(Br)c2Br)cc1Br. The van der Waals surface area contributed by atoms with E-state index in [1.165, 1.54) is 0 Å². The van der Waals surface area contributed by atoms with Crippen molar-refractivity contribution in [2.24, 2.45) is 0 Å². The van der Waals surface area contributed by atoms with E-state index in [4.69, 9.17) is 4.74 Å². The maximum atomic E-state index is 5.97. The zero-order valence-corrected chi connectivity index (χ0v) is 18.5. The highest BCUT2D eigenvalue weighted by molar-refractivity contribution is 9.13. The highest BCUT2D eigenvalue weighted by Crippen LogP contribution is 2.44. The molecule has 0 amide bonds. The topological polar surface area (TPSA) is 9.23 Å². The van der Waals surface area contributed by atoms with Crippen LogP contribution in [0.1, 0.15) is 0 Å². The number of benzene rings is 2. The average molecular weight is 644 g/mol. The molecular formula is C12H4Br6O. The molecule has 0 saturated heterocycles. The molecule has 1 nitrogen and oxygen atoms in total. The molecule has 0 aromatic heterocycles. The Hall–Kier alpha value is 1.12. The molecule has 0 heterocycles. The first-order chi connectivity index (χ1) is 8.90. The molecule has 100 valence electrons. The first kappa shape index (κ1) is 16.5. The number of rotatable bonds is 2.